The normalized spacial score (nSPS) is 27.8. The summed E-state index contributed by atoms with van der Waals surface area (Å²) in [5.41, 5.74) is -0.455. The van der Waals surface area contributed by atoms with Crippen molar-refractivity contribution < 1.29 is 14.6 Å². The van der Waals surface area contributed by atoms with Gasteiger partial charge in [0.25, 0.3) is 0 Å². The average molecular weight is 215 g/mol. The van der Waals surface area contributed by atoms with Crippen LogP contribution in [-0.4, -0.2) is 28.9 Å². The minimum Gasteiger partial charge on any atom is -0.444 e. The van der Waals surface area contributed by atoms with Crippen LogP contribution in [0.2, 0.25) is 0 Å². The van der Waals surface area contributed by atoms with Crippen molar-refractivity contribution in [1.29, 1.82) is 0 Å². The maximum atomic E-state index is 11.4. The van der Waals surface area contributed by atoms with Gasteiger partial charge < -0.3 is 15.2 Å². The molecule has 1 aliphatic carbocycles. The lowest BCUT2D eigenvalue weighted by Crippen LogP contribution is -2.46. The summed E-state index contributed by atoms with van der Waals surface area (Å²) in [6.45, 7) is 7.46. The van der Waals surface area contributed by atoms with E-state index < -0.39 is 5.60 Å². The number of aliphatic hydroxyl groups is 1. The van der Waals surface area contributed by atoms with Crippen LogP contribution in [0.4, 0.5) is 4.79 Å². The first-order chi connectivity index (χ1) is 6.78. The van der Waals surface area contributed by atoms with Crippen molar-refractivity contribution in [3.05, 3.63) is 0 Å². The minimum absolute atomic E-state index is 0.0725. The Kier molecular flexibility index (Phi) is 3.60. The molecule has 2 N–H and O–H groups in total. The highest BCUT2D eigenvalue weighted by atomic mass is 16.6. The fourth-order valence-electron chi connectivity index (χ4n) is 1.65. The van der Waals surface area contributed by atoms with Gasteiger partial charge in [0.1, 0.15) is 5.60 Å². The third-order valence-corrected chi connectivity index (χ3v) is 2.60. The SMILES string of the molecule is CC(NC(=O)OC(C)(C)C)C1CC(O)C1. The molecular formula is C11H21NO3. The third-order valence-electron chi connectivity index (χ3n) is 2.60. The van der Waals surface area contributed by atoms with Crippen molar-refractivity contribution in [1.82, 2.24) is 5.32 Å². The van der Waals surface area contributed by atoms with Gasteiger partial charge in [-0.2, -0.15) is 0 Å². The van der Waals surface area contributed by atoms with Crippen LogP contribution in [0.25, 0.3) is 0 Å². The van der Waals surface area contributed by atoms with Crippen molar-refractivity contribution >= 4 is 6.09 Å². The maximum absolute atomic E-state index is 11.4. The quantitative estimate of drug-likeness (QED) is 0.736. The van der Waals surface area contributed by atoms with Gasteiger partial charge in [-0.1, -0.05) is 0 Å². The van der Waals surface area contributed by atoms with Crippen LogP contribution < -0.4 is 5.32 Å². The number of hydrogen-bond acceptors (Lipinski definition) is 3. The molecule has 0 aliphatic heterocycles. The lowest BCUT2D eigenvalue weighted by Gasteiger charge is -2.36. The summed E-state index contributed by atoms with van der Waals surface area (Å²) in [6.07, 6.45) is 0.989. The molecule has 0 saturated heterocycles. The van der Waals surface area contributed by atoms with Gasteiger partial charge in [0.15, 0.2) is 0 Å². The highest BCUT2D eigenvalue weighted by Crippen LogP contribution is 2.30. The molecule has 1 rings (SSSR count). The number of amides is 1. The Morgan fingerprint density at radius 1 is 1.47 bits per heavy atom. The predicted molar refractivity (Wildman–Crippen MR) is 57.6 cm³/mol. The molecule has 0 heterocycles. The lowest BCUT2D eigenvalue weighted by molar-refractivity contribution is 0.0178. The van der Waals surface area contributed by atoms with Crippen molar-refractivity contribution in [3.63, 3.8) is 0 Å². The molecule has 4 heteroatoms. The van der Waals surface area contributed by atoms with Crippen LogP contribution in [0, 0.1) is 5.92 Å². The summed E-state index contributed by atoms with van der Waals surface area (Å²) >= 11 is 0. The highest BCUT2D eigenvalue weighted by molar-refractivity contribution is 5.68. The van der Waals surface area contributed by atoms with Crippen LogP contribution >= 0.6 is 0 Å². The third kappa shape index (κ3) is 4.08. The number of carbonyl (C=O) groups excluding carboxylic acids is 1. The summed E-state index contributed by atoms with van der Waals surface area (Å²) in [6, 6.07) is 0.0725. The molecule has 1 atom stereocenters. The average Bonchev–Trinajstić information content (AvgIpc) is 1.94. The second-order valence-corrected chi connectivity index (χ2v) is 5.32. The fraction of sp³-hybridized carbons (Fsp3) is 0.909. The number of alkyl carbamates (subject to hydrolysis) is 1. The van der Waals surface area contributed by atoms with Gasteiger partial charge in [0.05, 0.1) is 6.10 Å². The molecule has 1 aliphatic rings. The molecule has 1 saturated carbocycles. The number of carbonyl (C=O) groups is 1. The van der Waals surface area contributed by atoms with Crippen molar-refractivity contribution in [2.24, 2.45) is 5.92 Å². The van der Waals surface area contributed by atoms with Gasteiger partial charge in [-0.05, 0) is 46.5 Å². The number of aliphatic hydroxyl groups excluding tert-OH is 1. The van der Waals surface area contributed by atoms with Crippen LogP contribution in [0.1, 0.15) is 40.5 Å². The number of rotatable bonds is 2. The summed E-state index contributed by atoms with van der Waals surface area (Å²) in [4.78, 5) is 11.4. The van der Waals surface area contributed by atoms with Crippen LogP contribution in [0.3, 0.4) is 0 Å². The van der Waals surface area contributed by atoms with E-state index in [-0.39, 0.29) is 18.2 Å². The maximum Gasteiger partial charge on any atom is 0.407 e. The van der Waals surface area contributed by atoms with Gasteiger partial charge in [-0.15, -0.1) is 0 Å². The van der Waals surface area contributed by atoms with Crippen LogP contribution in [0.5, 0.6) is 0 Å². The summed E-state index contributed by atoms with van der Waals surface area (Å²) < 4.78 is 5.14. The monoisotopic (exact) mass is 215 g/mol. The summed E-state index contributed by atoms with van der Waals surface area (Å²) in [5.74, 6) is 0.382. The molecule has 0 aromatic carbocycles. The minimum atomic E-state index is -0.455. The zero-order chi connectivity index (χ0) is 11.6. The molecular weight excluding hydrogens is 194 g/mol. The van der Waals surface area contributed by atoms with E-state index in [9.17, 15) is 4.79 Å². The van der Waals surface area contributed by atoms with Crippen molar-refractivity contribution in [2.75, 3.05) is 0 Å². The highest BCUT2D eigenvalue weighted by Gasteiger charge is 2.32. The summed E-state index contributed by atoms with van der Waals surface area (Å²) in [7, 11) is 0. The van der Waals surface area contributed by atoms with E-state index in [4.69, 9.17) is 9.84 Å². The van der Waals surface area contributed by atoms with Crippen molar-refractivity contribution in [2.45, 2.75) is 58.3 Å². The Bertz CT molecular complexity index is 228. The van der Waals surface area contributed by atoms with E-state index in [1.165, 1.54) is 0 Å². The molecule has 88 valence electrons. The van der Waals surface area contributed by atoms with Gasteiger partial charge in [-0.3, -0.25) is 0 Å². The second-order valence-electron chi connectivity index (χ2n) is 5.32. The first-order valence-electron chi connectivity index (χ1n) is 5.45. The Labute approximate surface area is 91.0 Å². The lowest BCUT2D eigenvalue weighted by atomic mass is 9.78. The molecule has 0 aromatic heterocycles. The number of hydrogen-bond donors (Lipinski definition) is 2. The molecule has 0 aromatic rings. The van der Waals surface area contributed by atoms with Crippen LogP contribution in [-0.2, 0) is 4.74 Å². The van der Waals surface area contributed by atoms with E-state index in [1.54, 1.807) is 0 Å². The largest absolute Gasteiger partial charge is 0.444 e. The molecule has 0 spiro atoms. The molecule has 1 amide bonds. The predicted octanol–water partition coefficient (Wildman–Crippen LogP) is 1.67. The number of ether oxygens (including phenoxy) is 1. The van der Waals surface area contributed by atoms with Gasteiger partial charge in [0.2, 0.25) is 0 Å². The topological polar surface area (TPSA) is 58.6 Å². The first-order valence-corrected chi connectivity index (χ1v) is 5.45. The van der Waals surface area contributed by atoms with E-state index in [0.717, 1.165) is 12.8 Å². The molecule has 0 radical (unpaired) electrons. The van der Waals surface area contributed by atoms with Crippen molar-refractivity contribution in [3.8, 4) is 0 Å². The van der Waals surface area contributed by atoms with E-state index >= 15 is 0 Å². The molecule has 0 bridgehead atoms. The van der Waals surface area contributed by atoms with Gasteiger partial charge >= 0.3 is 6.09 Å². The first kappa shape index (κ1) is 12.3. The van der Waals surface area contributed by atoms with E-state index in [2.05, 4.69) is 5.32 Å². The fourth-order valence-corrected chi connectivity index (χ4v) is 1.65. The Morgan fingerprint density at radius 3 is 2.40 bits per heavy atom. The second kappa shape index (κ2) is 4.39. The van der Waals surface area contributed by atoms with E-state index in [0.29, 0.717) is 5.92 Å². The zero-order valence-electron chi connectivity index (χ0n) is 9.91. The molecule has 15 heavy (non-hydrogen) atoms. The van der Waals surface area contributed by atoms with E-state index in [1.807, 2.05) is 27.7 Å². The smallest absolute Gasteiger partial charge is 0.407 e. The summed E-state index contributed by atoms with van der Waals surface area (Å²) in [5, 5.41) is 11.9. The Balaban J connectivity index is 2.26. The molecule has 1 unspecified atom stereocenters. The molecule has 1 fully saturated rings. The number of nitrogens with one attached hydrogen (secondary N) is 1. The molecule has 4 nitrogen and oxygen atoms in total. The van der Waals surface area contributed by atoms with Crippen LogP contribution in [0.15, 0.2) is 0 Å². The Morgan fingerprint density at radius 2 is 2.00 bits per heavy atom. The standard InChI is InChI=1S/C11H21NO3/c1-7(8-5-9(13)6-8)12-10(14)15-11(2,3)4/h7-9,13H,5-6H2,1-4H3,(H,12,14). The Hall–Kier alpha value is -0.770. The van der Waals surface area contributed by atoms with Gasteiger partial charge in [0, 0.05) is 6.04 Å². The zero-order valence-corrected chi connectivity index (χ0v) is 9.91. The van der Waals surface area contributed by atoms with Gasteiger partial charge in [-0.25, -0.2) is 4.79 Å².